The van der Waals surface area contributed by atoms with Gasteiger partial charge in [0, 0.05) is 11.6 Å². The Morgan fingerprint density at radius 2 is 2.12 bits per heavy atom. The highest BCUT2D eigenvalue weighted by molar-refractivity contribution is 5.40. The highest BCUT2D eigenvalue weighted by Gasteiger charge is 2.13. The summed E-state index contributed by atoms with van der Waals surface area (Å²) >= 11 is 0. The molecule has 16 heavy (non-hydrogen) atoms. The van der Waals surface area contributed by atoms with Crippen molar-refractivity contribution in [3.63, 3.8) is 0 Å². The molecule has 1 aromatic carbocycles. The summed E-state index contributed by atoms with van der Waals surface area (Å²) in [6.07, 6.45) is 0.948. The Hall–Kier alpha value is -1.09. The second-order valence-corrected chi connectivity index (χ2v) is 4.00. The van der Waals surface area contributed by atoms with Crippen LogP contribution in [-0.4, -0.2) is 13.7 Å². The number of hydrogen-bond donors (Lipinski definition) is 1. The van der Waals surface area contributed by atoms with Gasteiger partial charge >= 0.3 is 0 Å². The van der Waals surface area contributed by atoms with Gasteiger partial charge in [0.15, 0.2) is 0 Å². The molecule has 0 amide bonds. The van der Waals surface area contributed by atoms with Gasteiger partial charge in [0.25, 0.3) is 0 Å². The second-order valence-electron chi connectivity index (χ2n) is 4.00. The molecule has 2 nitrogen and oxygen atoms in total. The molecule has 0 aliphatic rings. The molecule has 90 valence electrons. The molecule has 0 aromatic heterocycles. The van der Waals surface area contributed by atoms with Crippen LogP contribution in [0.2, 0.25) is 0 Å². The first-order valence-electron chi connectivity index (χ1n) is 5.70. The first-order valence-corrected chi connectivity index (χ1v) is 5.70. The summed E-state index contributed by atoms with van der Waals surface area (Å²) in [6.45, 7) is 6.46. The van der Waals surface area contributed by atoms with E-state index in [2.05, 4.69) is 12.2 Å². The molecule has 0 bridgehead atoms. The van der Waals surface area contributed by atoms with E-state index < -0.39 is 0 Å². The average molecular weight is 225 g/mol. The molecule has 1 N–H and O–H groups in total. The topological polar surface area (TPSA) is 21.3 Å². The molecule has 3 heteroatoms. The lowest BCUT2D eigenvalue weighted by Gasteiger charge is -2.17. The van der Waals surface area contributed by atoms with Crippen LogP contribution < -0.4 is 10.1 Å². The third-order valence-corrected chi connectivity index (χ3v) is 2.65. The summed E-state index contributed by atoms with van der Waals surface area (Å²) in [7, 11) is 1.85. The number of benzene rings is 1. The number of aryl methyl sites for hydroxylation is 1. The largest absolute Gasteiger partial charge is 0.493 e. The van der Waals surface area contributed by atoms with Crippen LogP contribution in [0.3, 0.4) is 0 Å². The fourth-order valence-electron chi connectivity index (χ4n) is 1.50. The van der Waals surface area contributed by atoms with Crippen LogP contribution in [0.25, 0.3) is 0 Å². The van der Waals surface area contributed by atoms with Gasteiger partial charge in [-0.15, -0.1) is 0 Å². The van der Waals surface area contributed by atoms with Crippen molar-refractivity contribution in [3.05, 3.63) is 29.1 Å². The fraction of sp³-hybridized carbons (Fsp3) is 0.538. The second kappa shape index (κ2) is 5.85. The quantitative estimate of drug-likeness (QED) is 0.830. The minimum atomic E-state index is -0.180. The van der Waals surface area contributed by atoms with Gasteiger partial charge < -0.3 is 10.1 Å². The predicted molar refractivity (Wildman–Crippen MR) is 64.4 cm³/mol. The smallest absolute Gasteiger partial charge is 0.126 e. The number of ether oxygens (including phenoxy) is 1. The van der Waals surface area contributed by atoms with Crippen LogP contribution in [0.4, 0.5) is 4.39 Å². The van der Waals surface area contributed by atoms with Crippen molar-refractivity contribution >= 4 is 0 Å². The molecule has 1 aromatic rings. The van der Waals surface area contributed by atoms with Crippen molar-refractivity contribution in [2.24, 2.45) is 0 Å². The predicted octanol–water partition coefficient (Wildman–Crippen LogP) is 3.20. The highest BCUT2D eigenvalue weighted by atomic mass is 19.1. The number of hydrogen-bond acceptors (Lipinski definition) is 2. The number of halogens is 1. The van der Waals surface area contributed by atoms with Crippen LogP contribution in [0, 0.1) is 12.7 Å². The Labute approximate surface area is 96.8 Å². The van der Waals surface area contributed by atoms with E-state index in [0.717, 1.165) is 17.7 Å². The Kier molecular flexibility index (Phi) is 4.74. The Balaban J connectivity index is 3.06. The lowest BCUT2D eigenvalue weighted by atomic mass is 10.0. The van der Waals surface area contributed by atoms with Gasteiger partial charge in [0.2, 0.25) is 0 Å². The van der Waals surface area contributed by atoms with Crippen molar-refractivity contribution in [2.75, 3.05) is 13.7 Å². The summed E-state index contributed by atoms with van der Waals surface area (Å²) < 4.78 is 19.1. The lowest BCUT2D eigenvalue weighted by molar-refractivity contribution is 0.310. The summed E-state index contributed by atoms with van der Waals surface area (Å²) in [6, 6.07) is 3.41. The van der Waals surface area contributed by atoms with E-state index in [9.17, 15) is 4.39 Å². The summed E-state index contributed by atoms with van der Waals surface area (Å²) in [5.41, 5.74) is 1.50. The zero-order chi connectivity index (χ0) is 12.1. The van der Waals surface area contributed by atoms with E-state index in [1.54, 1.807) is 19.1 Å². The van der Waals surface area contributed by atoms with Gasteiger partial charge in [0.05, 0.1) is 6.61 Å². The summed E-state index contributed by atoms with van der Waals surface area (Å²) in [5, 5.41) is 3.10. The van der Waals surface area contributed by atoms with Gasteiger partial charge in [-0.2, -0.15) is 0 Å². The molecule has 0 saturated heterocycles. The Bertz CT molecular complexity index is 352. The summed E-state index contributed by atoms with van der Waals surface area (Å²) in [4.78, 5) is 0. The third kappa shape index (κ3) is 2.95. The molecular weight excluding hydrogens is 205 g/mol. The average Bonchev–Trinajstić information content (AvgIpc) is 2.29. The minimum Gasteiger partial charge on any atom is -0.493 e. The van der Waals surface area contributed by atoms with Crippen molar-refractivity contribution in [1.29, 1.82) is 0 Å². The van der Waals surface area contributed by atoms with Crippen molar-refractivity contribution < 1.29 is 9.13 Å². The van der Waals surface area contributed by atoms with E-state index in [1.807, 2.05) is 14.0 Å². The molecule has 0 spiro atoms. The van der Waals surface area contributed by atoms with Crippen molar-refractivity contribution in [3.8, 4) is 5.75 Å². The molecule has 1 rings (SSSR count). The third-order valence-electron chi connectivity index (χ3n) is 2.65. The van der Waals surface area contributed by atoms with E-state index in [0.29, 0.717) is 12.2 Å². The molecular formula is C13H20FNO. The molecule has 0 heterocycles. The van der Waals surface area contributed by atoms with Crippen molar-refractivity contribution in [2.45, 2.75) is 33.2 Å². The van der Waals surface area contributed by atoms with Crippen molar-refractivity contribution in [1.82, 2.24) is 5.32 Å². The van der Waals surface area contributed by atoms with E-state index in [4.69, 9.17) is 4.74 Å². The Morgan fingerprint density at radius 3 is 2.69 bits per heavy atom. The highest BCUT2D eigenvalue weighted by Crippen LogP contribution is 2.28. The SMILES string of the molecule is CCCOc1cc(C)c(F)cc1C(C)NC. The first kappa shape index (κ1) is 13.0. The van der Waals surface area contributed by atoms with Gasteiger partial charge in [-0.1, -0.05) is 6.92 Å². The fourth-order valence-corrected chi connectivity index (χ4v) is 1.50. The summed E-state index contributed by atoms with van der Waals surface area (Å²) in [5.74, 6) is 0.601. The van der Waals surface area contributed by atoms with E-state index in [1.165, 1.54) is 0 Å². The van der Waals surface area contributed by atoms with Gasteiger partial charge in [-0.25, -0.2) is 4.39 Å². The van der Waals surface area contributed by atoms with Gasteiger partial charge in [0.1, 0.15) is 11.6 Å². The zero-order valence-electron chi connectivity index (χ0n) is 10.4. The molecule has 0 aliphatic heterocycles. The normalized spacial score (nSPS) is 12.6. The Morgan fingerprint density at radius 1 is 1.44 bits per heavy atom. The number of rotatable bonds is 5. The maximum atomic E-state index is 13.5. The molecule has 0 saturated carbocycles. The lowest BCUT2D eigenvalue weighted by Crippen LogP contribution is -2.14. The zero-order valence-corrected chi connectivity index (χ0v) is 10.4. The van der Waals surface area contributed by atoms with Crippen LogP contribution in [0.5, 0.6) is 5.75 Å². The van der Waals surface area contributed by atoms with Crippen LogP contribution in [0.15, 0.2) is 12.1 Å². The molecule has 1 unspecified atom stereocenters. The molecule has 0 fully saturated rings. The van der Waals surface area contributed by atoms with Gasteiger partial charge in [-0.05, 0) is 45.0 Å². The van der Waals surface area contributed by atoms with Crippen LogP contribution >= 0.6 is 0 Å². The number of nitrogens with one attached hydrogen (secondary N) is 1. The van der Waals surface area contributed by atoms with Gasteiger partial charge in [-0.3, -0.25) is 0 Å². The first-order chi connectivity index (χ1) is 7.60. The van der Waals surface area contributed by atoms with Crippen LogP contribution in [-0.2, 0) is 0 Å². The maximum absolute atomic E-state index is 13.5. The molecule has 0 radical (unpaired) electrons. The van der Waals surface area contributed by atoms with E-state index >= 15 is 0 Å². The monoisotopic (exact) mass is 225 g/mol. The van der Waals surface area contributed by atoms with E-state index in [-0.39, 0.29) is 11.9 Å². The molecule has 0 aliphatic carbocycles. The molecule has 1 atom stereocenters. The van der Waals surface area contributed by atoms with Crippen LogP contribution in [0.1, 0.15) is 37.4 Å². The standard InChI is InChI=1S/C13H20FNO/c1-5-6-16-13-7-9(2)12(14)8-11(13)10(3)15-4/h7-8,10,15H,5-6H2,1-4H3. The maximum Gasteiger partial charge on any atom is 0.126 e. The minimum absolute atomic E-state index is 0.0851.